The van der Waals surface area contributed by atoms with Crippen LogP contribution in [0.1, 0.15) is 30.0 Å². The Hall–Kier alpha value is -0.990. The van der Waals surface area contributed by atoms with E-state index in [1.807, 2.05) is 12.1 Å². The third-order valence-electron chi connectivity index (χ3n) is 6.20. The number of fused-ring (bicyclic) bond motifs is 2. The third-order valence-corrected chi connectivity index (χ3v) is 7.51. The molecule has 2 aliphatic heterocycles. The van der Waals surface area contributed by atoms with Crippen LogP contribution in [0.15, 0.2) is 24.3 Å². The first-order valence-electron chi connectivity index (χ1n) is 8.98. The molecule has 1 aromatic rings. The normalized spacial score (nSPS) is 30.5. The zero-order valence-corrected chi connectivity index (χ0v) is 15.4. The van der Waals surface area contributed by atoms with Crippen molar-refractivity contribution < 1.29 is 18.3 Å². The smallest absolute Gasteiger partial charge is 0.211 e. The van der Waals surface area contributed by atoms with Crippen LogP contribution < -0.4 is 0 Å². The highest BCUT2D eigenvalue weighted by molar-refractivity contribution is 7.88. The molecular weight excluding hydrogens is 340 g/mol. The Balaban J connectivity index is 1.68. The zero-order chi connectivity index (χ0) is 17.7. The van der Waals surface area contributed by atoms with E-state index in [1.165, 1.54) is 21.7 Å². The summed E-state index contributed by atoms with van der Waals surface area (Å²) in [6, 6.07) is 8.28. The summed E-state index contributed by atoms with van der Waals surface area (Å²) in [4.78, 5) is 2.32. The van der Waals surface area contributed by atoms with E-state index in [-0.39, 0.29) is 11.5 Å². The van der Waals surface area contributed by atoms with Gasteiger partial charge in [0.15, 0.2) is 0 Å². The third kappa shape index (κ3) is 2.82. The van der Waals surface area contributed by atoms with Crippen LogP contribution in [0.2, 0.25) is 0 Å². The highest BCUT2D eigenvalue weighted by Crippen LogP contribution is 2.53. The fourth-order valence-electron chi connectivity index (χ4n) is 4.87. The van der Waals surface area contributed by atoms with Crippen LogP contribution in [-0.2, 0) is 20.2 Å². The topological polar surface area (TPSA) is 70.1 Å². The molecule has 7 heteroatoms. The Bertz CT molecular complexity index is 737. The van der Waals surface area contributed by atoms with Gasteiger partial charge in [-0.25, -0.2) is 12.7 Å². The lowest BCUT2D eigenvalue weighted by Gasteiger charge is -2.43. The van der Waals surface area contributed by atoms with Crippen molar-refractivity contribution in [3.8, 4) is 0 Å². The maximum Gasteiger partial charge on any atom is 0.211 e. The van der Waals surface area contributed by atoms with E-state index in [2.05, 4.69) is 17.0 Å². The highest BCUT2D eigenvalue weighted by Gasteiger charge is 2.54. The number of sulfonamides is 1. The summed E-state index contributed by atoms with van der Waals surface area (Å²) >= 11 is 0. The second-order valence-corrected chi connectivity index (χ2v) is 9.43. The van der Waals surface area contributed by atoms with E-state index in [9.17, 15) is 13.5 Å². The van der Waals surface area contributed by atoms with Gasteiger partial charge >= 0.3 is 0 Å². The fourth-order valence-corrected chi connectivity index (χ4v) is 5.72. The summed E-state index contributed by atoms with van der Waals surface area (Å²) in [5, 5.41) is 11.4. The maximum atomic E-state index is 11.9. The van der Waals surface area contributed by atoms with Gasteiger partial charge in [0.2, 0.25) is 10.0 Å². The molecule has 25 heavy (non-hydrogen) atoms. The first kappa shape index (κ1) is 17.4. The number of hydrogen-bond donors (Lipinski definition) is 1. The summed E-state index contributed by atoms with van der Waals surface area (Å²) in [5.74, 6) is 0. The van der Waals surface area contributed by atoms with Crippen molar-refractivity contribution in [1.82, 2.24) is 9.21 Å². The van der Waals surface area contributed by atoms with Crippen molar-refractivity contribution in [2.24, 2.45) is 0 Å². The number of ether oxygens (including phenoxy) is 1. The van der Waals surface area contributed by atoms with Gasteiger partial charge in [0.25, 0.3) is 0 Å². The molecule has 1 aromatic carbocycles. The summed E-state index contributed by atoms with van der Waals surface area (Å²) in [7, 11) is -3.18. The molecule has 1 aliphatic carbocycles. The second kappa shape index (κ2) is 6.32. The molecule has 2 saturated heterocycles. The molecule has 0 unspecified atom stereocenters. The lowest BCUT2D eigenvalue weighted by Crippen LogP contribution is -2.51. The van der Waals surface area contributed by atoms with Crippen LogP contribution in [-0.4, -0.2) is 74.5 Å². The minimum absolute atomic E-state index is 0.0233. The van der Waals surface area contributed by atoms with Gasteiger partial charge in [-0.15, -0.1) is 0 Å². The second-order valence-electron chi connectivity index (χ2n) is 7.44. The van der Waals surface area contributed by atoms with Gasteiger partial charge in [0, 0.05) is 31.6 Å². The van der Waals surface area contributed by atoms with Gasteiger partial charge in [-0.05, 0) is 24.0 Å². The van der Waals surface area contributed by atoms with Gasteiger partial charge < -0.3 is 9.84 Å². The molecule has 3 aliphatic rings. The van der Waals surface area contributed by atoms with E-state index >= 15 is 0 Å². The average Bonchev–Trinajstić information content (AvgIpc) is 2.84. The van der Waals surface area contributed by atoms with Crippen LogP contribution >= 0.6 is 0 Å². The average molecular weight is 366 g/mol. The van der Waals surface area contributed by atoms with Gasteiger partial charge in [-0.1, -0.05) is 24.3 Å². The van der Waals surface area contributed by atoms with E-state index in [4.69, 9.17) is 4.74 Å². The Morgan fingerprint density at radius 3 is 2.40 bits per heavy atom. The van der Waals surface area contributed by atoms with E-state index in [0.29, 0.717) is 39.1 Å². The van der Waals surface area contributed by atoms with Crippen LogP contribution in [0.4, 0.5) is 0 Å². The predicted octanol–water partition coefficient (Wildman–Crippen LogP) is 0.728. The molecule has 0 saturated carbocycles. The summed E-state index contributed by atoms with van der Waals surface area (Å²) in [6.07, 6.45) is 2.09. The Morgan fingerprint density at radius 2 is 1.76 bits per heavy atom. The zero-order valence-electron chi connectivity index (χ0n) is 14.6. The Kier molecular flexibility index (Phi) is 4.40. The van der Waals surface area contributed by atoms with Gasteiger partial charge in [-0.2, -0.15) is 0 Å². The van der Waals surface area contributed by atoms with Gasteiger partial charge in [-0.3, -0.25) is 4.90 Å². The van der Waals surface area contributed by atoms with Crippen LogP contribution in [0, 0.1) is 0 Å². The quantitative estimate of drug-likeness (QED) is 0.836. The van der Waals surface area contributed by atoms with Crippen molar-refractivity contribution >= 4 is 10.0 Å². The summed E-state index contributed by atoms with van der Waals surface area (Å²) < 4.78 is 30.8. The molecule has 6 nitrogen and oxygen atoms in total. The van der Waals surface area contributed by atoms with Crippen molar-refractivity contribution in [2.75, 3.05) is 45.6 Å². The summed E-state index contributed by atoms with van der Waals surface area (Å²) in [5.41, 5.74) is 2.05. The number of nitrogens with zero attached hydrogens (tertiary/aromatic N) is 2. The molecule has 138 valence electrons. The highest BCUT2D eigenvalue weighted by atomic mass is 32.2. The number of aliphatic hydroxyl groups is 1. The fraction of sp³-hybridized carbons (Fsp3) is 0.667. The lowest BCUT2D eigenvalue weighted by molar-refractivity contribution is -0.0455. The largest absolute Gasteiger partial charge is 0.390 e. The minimum atomic E-state index is -3.18. The lowest BCUT2D eigenvalue weighted by atomic mass is 9.72. The van der Waals surface area contributed by atoms with E-state index in [0.717, 1.165) is 13.1 Å². The van der Waals surface area contributed by atoms with Crippen molar-refractivity contribution in [1.29, 1.82) is 0 Å². The van der Waals surface area contributed by atoms with Gasteiger partial charge in [0.1, 0.15) is 0 Å². The van der Waals surface area contributed by atoms with Crippen molar-refractivity contribution in [2.45, 2.75) is 30.4 Å². The SMILES string of the molecule is CS(=O)(=O)N1CCC2(CC1)c1ccccc1[C@@H](N1CCOCC1)[C@@H]2O. The number of hydrogen-bond acceptors (Lipinski definition) is 5. The molecule has 0 aromatic heterocycles. The molecule has 1 N–H and O–H groups in total. The number of piperidine rings is 1. The Morgan fingerprint density at radius 1 is 1.12 bits per heavy atom. The number of benzene rings is 1. The first-order valence-corrected chi connectivity index (χ1v) is 10.8. The van der Waals surface area contributed by atoms with Crippen LogP contribution in [0.25, 0.3) is 0 Å². The molecule has 0 radical (unpaired) electrons. The predicted molar refractivity (Wildman–Crippen MR) is 94.9 cm³/mol. The number of rotatable bonds is 2. The van der Waals surface area contributed by atoms with Crippen LogP contribution in [0.5, 0.6) is 0 Å². The van der Waals surface area contributed by atoms with Crippen molar-refractivity contribution in [3.05, 3.63) is 35.4 Å². The molecule has 2 fully saturated rings. The molecule has 2 heterocycles. The molecule has 0 bridgehead atoms. The molecular formula is C18H26N2O4S. The monoisotopic (exact) mass is 366 g/mol. The molecule has 2 atom stereocenters. The summed E-state index contributed by atoms with van der Waals surface area (Å²) in [6.45, 7) is 3.98. The molecule has 0 amide bonds. The maximum absolute atomic E-state index is 11.9. The minimum Gasteiger partial charge on any atom is -0.390 e. The molecule has 1 spiro atoms. The van der Waals surface area contributed by atoms with Crippen molar-refractivity contribution in [3.63, 3.8) is 0 Å². The number of morpholine rings is 1. The van der Waals surface area contributed by atoms with E-state index in [1.54, 1.807) is 0 Å². The van der Waals surface area contributed by atoms with E-state index < -0.39 is 16.1 Å². The molecule has 4 rings (SSSR count). The number of aliphatic hydroxyl groups excluding tert-OH is 1. The van der Waals surface area contributed by atoms with Crippen LogP contribution in [0.3, 0.4) is 0 Å². The Labute approximate surface area is 149 Å². The standard InChI is InChI=1S/C18H26N2O4S/c1-25(22,23)20-8-6-18(7-9-20)15-5-3-2-4-14(15)16(17(18)21)19-10-12-24-13-11-19/h2-5,16-17,21H,6-13H2,1H3/t16-,17+/m1/s1. The first-order chi connectivity index (χ1) is 11.9. The van der Waals surface area contributed by atoms with Gasteiger partial charge in [0.05, 0.1) is 31.6 Å².